The van der Waals surface area contributed by atoms with Crippen molar-refractivity contribution in [3.05, 3.63) is 96.1 Å². The van der Waals surface area contributed by atoms with Gasteiger partial charge in [0.2, 0.25) is 0 Å². The largest absolute Gasteiger partial charge is 0.493 e. The number of benzene rings is 3. The van der Waals surface area contributed by atoms with E-state index in [0.717, 1.165) is 47.1 Å². The van der Waals surface area contributed by atoms with E-state index in [4.69, 9.17) is 9.47 Å². The third-order valence-corrected chi connectivity index (χ3v) is 7.29. The molecule has 0 bridgehead atoms. The first-order chi connectivity index (χ1) is 20.6. The van der Waals surface area contributed by atoms with Crippen molar-refractivity contribution < 1.29 is 32.9 Å². The van der Waals surface area contributed by atoms with Crippen LogP contribution in [0.2, 0.25) is 0 Å². The highest BCUT2D eigenvalue weighted by Gasteiger charge is 2.25. The number of rotatable bonds is 18. The number of ether oxygens (including phenoxy) is 2. The summed E-state index contributed by atoms with van der Waals surface area (Å²) in [6, 6.07) is 20.4. The molecule has 0 spiro atoms. The minimum Gasteiger partial charge on any atom is -0.493 e. The fourth-order valence-electron chi connectivity index (χ4n) is 4.72. The highest BCUT2D eigenvalue weighted by molar-refractivity contribution is 5.75. The number of aliphatic hydroxyl groups is 2. The molecule has 0 aliphatic rings. The lowest BCUT2D eigenvalue weighted by Crippen LogP contribution is -2.06. The fraction of sp³-hybridized carbons (Fsp3) is 0.389. The van der Waals surface area contributed by atoms with E-state index in [2.05, 4.69) is 62.5 Å². The van der Waals surface area contributed by atoms with Crippen LogP contribution in [0.25, 0.3) is 22.3 Å². The normalized spacial score (nSPS) is 11.4. The van der Waals surface area contributed by atoms with Gasteiger partial charge < -0.3 is 19.7 Å². The highest BCUT2D eigenvalue weighted by Crippen LogP contribution is 2.34. The van der Waals surface area contributed by atoms with Crippen LogP contribution >= 0.6 is 0 Å². The molecular formula is C36H43F3O4. The third kappa shape index (κ3) is 11.6. The van der Waals surface area contributed by atoms with Gasteiger partial charge in [0, 0.05) is 25.3 Å². The Hall–Kier alpha value is -3.55. The Morgan fingerprint density at radius 1 is 0.721 bits per heavy atom. The molecule has 232 valence electrons. The van der Waals surface area contributed by atoms with E-state index in [1.807, 2.05) is 18.2 Å². The van der Waals surface area contributed by atoms with Crippen LogP contribution in [0.3, 0.4) is 0 Å². The van der Waals surface area contributed by atoms with E-state index in [0.29, 0.717) is 55.1 Å². The topological polar surface area (TPSA) is 58.9 Å². The van der Waals surface area contributed by atoms with Gasteiger partial charge in [-0.3, -0.25) is 0 Å². The zero-order valence-corrected chi connectivity index (χ0v) is 25.0. The van der Waals surface area contributed by atoms with Crippen molar-refractivity contribution in [1.82, 2.24) is 0 Å². The Balaban J connectivity index is 1.76. The van der Waals surface area contributed by atoms with Crippen LogP contribution in [-0.4, -0.2) is 42.8 Å². The zero-order chi connectivity index (χ0) is 31.2. The van der Waals surface area contributed by atoms with Gasteiger partial charge in [-0.2, -0.15) is 13.2 Å². The number of unbranched alkanes of at least 4 members (excludes halogenated alkanes) is 2. The zero-order valence-electron chi connectivity index (χ0n) is 25.0. The molecule has 0 saturated carbocycles. The average Bonchev–Trinajstić information content (AvgIpc) is 3.00. The molecule has 0 unspecified atom stereocenters. The van der Waals surface area contributed by atoms with Gasteiger partial charge in [-0.05, 0) is 82.3 Å². The standard InChI is InChI=1S/C36H43F3O4/c1-4-29-20-31(13-14-35(29)30-11-9-28(10-12-30)8-6-5-7-17-36(37,38)39)32-21-33(42-18-15-26(2)24-40)23-34(22-32)43-19-16-27(3)25-41/h9-14,20-23,40-41H,2-8,15-19,24-25H2,1H3. The number of aliphatic hydroxyl groups excluding tert-OH is 2. The Kier molecular flexibility index (Phi) is 13.4. The Bertz CT molecular complexity index is 1290. The van der Waals surface area contributed by atoms with Crippen molar-refractivity contribution >= 4 is 0 Å². The lowest BCUT2D eigenvalue weighted by atomic mass is 9.92. The van der Waals surface area contributed by atoms with E-state index in [1.54, 1.807) is 0 Å². The van der Waals surface area contributed by atoms with Crippen LogP contribution < -0.4 is 9.47 Å². The first kappa shape index (κ1) is 33.9. The summed E-state index contributed by atoms with van der Waals surface area (Å²) in [5, 5.41) is 18.5. The Morgan fingerprint density at radius 3 is 1.84 bits per heavy atom. The summed E-state index contributed by atoms with van der Waals surface area (Å²) in [6.07, 6.45) is -0.627. The lowest BCUT2D eigenvalue weighted by Gasteiger charge is -2.15. The van der Waals surface area contributed by atoms with Crippen molar-refractivity contribution in [2.45, 2.75) is 64.5 Å². The first-order valence-corrected chi connectivity index (χ1v) is 14.9. The van der Waals surface area contributed by atoms with Crippen molar-refractivity contribution in [3.63, 3.8) is 0 Å². The number of aryl methyl sites for hydroxylation is 2. The predicted octanol–water partition coefficient (Wildman–Crippen LogP) is 8.88. The van der Waals surface area contributed by atoms with Crippen LogP contribution in [0, 0.1) is 0 Å². The van der Waals surface area contributed by atoms with Crippen LogP contribution in [0.4, 0.5) is 13.2 Å². The minimum atomic E-state index is -4.08. The van der Waals surface area contributed by atoms with Gasteiger partial charge in [0.25, 0.3) is 0 Å². The molecule has 0 fully saturated rings. The maximum absolute atomic E-state index is 12.4. The first-order valence-electron chi connectivity index (χ1n) is 14.9. The molecule has 0 aliphatic heterocycles. The van der Waals surface area contributed by atoms with Crippen LogP contribution in [0.15, 0.2) is 85.0 Å². The van der Waals surface area contributed by atoms with Gasteiger partial charge in [-0.25, -0.2) is 0 Å². The molecule has 4 nitrogen and oxygen atoms in total. The second kappa shape index (κ2) is 16.9. The number of alkyl halides is 3. The molecule has 0 saturated heterocycles. The second-order valence-corrected chi connectivity index (χ2v) is 10.8. The van der Waals surface area contributed by atoms with E-state index >= 15 is 0 Å². The van der Waals surface area contributed by atoms with Crippen molar-refractivity contribution in [1.29, 1.82) is 0 Å². The van der Waals surface area contributed by atoms with E-state index in [9.17, 15) is 23.4 Å². The molecule has 0 aromatic heterocycles. The van der Waals surface area contributed by atoms with Crippen LogP contribution in [0.1, 0.15) is 56.6 Å². The second-order valence-electron chi connectivity index (χ2n) is 10.8. The molecule has 3 aromatic carbocycles. The van der Waals surface area contributed by atoms with Gasteiger partial charge in [-0.15, -0.1) is 0 Å². The smallest absolute Gasteiger partial charge is 0.389 e. The summed E-state index contributed by atoms with van der Waals surface area (Å²) in [6.45, 7) is 10.4. The fourth-order valence-corrected chi connectivity index (χ4v) is 4.72. The Morgan fingerprint density at radius 2 is 1.30 bits per heavy atom. The maximum Gasteiger partial charge on any atom is 0.389 e. The summed E-state index contributed by atoms with van der Waals surface area (Å²) in [4.78, 5) is 0. The molecule has 0 amide bonds. The minimum absolute atomic E-state index is 0.0766. The predicted molar refractivity (Wildman–Crippen MR) is 168 cm³/mol. The summed E-state index contributed by atoms with van der Waals surface area (Å²) in [7, 11) is 0. The number of hydrogen-bond acceptors (Lipinski definition) is 4. The van der Waals surface area contributed by atoms with E-state index in [1.165, 1.54) is 5.56 Å². The molecule has 3 rings (SSSR count). The molecule has 43 heavy (non-hydrogen) atoms. The lowest BCUT2D eigenvalue weighted by molar-refractivity contribution is -0.135. The van der Waals surface area contributed by atoms with Crippen LogP contribution in [-0.2, 0) is 12.8 Å². The molecule has 0 atom stereocenters. The average molecular weight is 597 g/mol. The molecule has 0 aliphatic carbocycles. The van der Waals surface area contributed by atoms with Gasteiger partial charge in [-0.1, -0.05) is 69.0 Å². The molecule has 3 aromatic rings. The van der Waals surface area contributed by atoms with Gasteiger partial charge >= 0.3 is 6.18 Å². The summed E-state index contributed by atoms with van der Waals surface area (Å²) < 4.78 is 49.1. The van der Waals surface area contributed by atoms with Gasteiger partial charge in [0.05, 0.1) is 26.4 Å². The summed E-state index contributed by atoms with van der Waals surface area (Å²) >= 11 is 0. The molecule has 0 heterocycles. The van der Waals surface area contributed by atoms with Gasteiger partial charge in [0.15, 0.2) is 0 Å². The number of hydrogen-bond donors (Lipinski definition) is 2. The SMILES string of the molecule is C=C(CO)CCOc1cc(OCCC(=C)CO)cc(-c2ccc(-c3ccc(CCCCCC(F)(F)F)cc3)c(CC)c2)c1. The van der Waals surface area contributed by atoms with Crippen molar-refractivity contribution in [2.75, 3.05) is 26.4 Å². The molecule has 7 heteroatoms. The van der Waals surface area contributed by atoms with Crippen LogP contribution in [0.5, 0.6) is 11.5 Å². The number of halogens is 3. The third-order valence-electron chi connectivity index (χ3n) is 7.29. The quantitative estimate of drug-likeness (QED) is 0.114. The summed E-state index contributed by atoms with van der Waals surface area (Å²) in [5.74, 6) is 1.30. The van der Waals surface area contributed by atoms with Crippen molar-refractivity contribution in [3.8, 4) is 33.8 Å². The van der Waals surface area contributed by atoms with E-state index in [-0.39, 0.29) is 19.6 Å². The summed E-state index contributed by atoms with van der Waals surface area (Å²) in [5.41, 5.74) is 7.90. The molecular weight excluding hydrogens is 553 g/mol. The molecule has 2 N–H and O–H groups in total. The molecule has 0 radical (unpaired) electrons. The van der Waals surface area contributed by atoms with Gasteiger partial charge in [0.1, 0.15) is 11.5 Å². The Labute approximate surface area is 253 Å². The highest BCUT2D eigenvalue weighted by atomic mass is 19.4. The maximum atomic E-state index is 12.4. The monoisotopic (exact) mass is 596 g/mol. The van der Waals surface area contributed by atoms with E-state index < -0.39 is 12.6 Å². The van der Waals surface area contributed by atoms with Crippen molar-refractivity contribution in [2.24, 2.45) is 0 Å².